The third-order valence-electron chi connectivity index (χ3n) is 7.03. The lowest BCUT2D eigenvalue weighted by Crippen LogP contribution is -2.42. The maximum atomic E-state index is 15.4. The van der Waals surface area contributed by atoms with Crippen LogP contribution in [0.4, 0.5) is 8.78 Å². The number of rotatable bonds is 11. The Labute approximate surface area is 210 Å². The van der Waals surface area contributed by atoms with Crippen molar-refractivity contribution in [2.45, 2.75) is 36.8 Å². The minimum atomic E-state index is -1.08. The average molecular weight is 501 g/mol. The lowest BCUT2D eigenvalue weighted by atomic mass is 9.81. The Morgan fingerprint density at radius 2 is 2.06 bits per heavy atom. The molecule has 1 N–H and O–H groups in total. The number of ether oxygens (including phenoxy) is 1. The van der Waals surface area contributed by atoms with E-state index in [0.29, 0.717) is 28.5 Å². The lowest BCUT2D eigenvalue weighted by Gasteiger charge is -2.38. The second-order valence-electron chi connectivity index (χ2n) is 9.25. The number of aromatic nitrogens is 1. The van der Waals surface area contributed by atoms with Gasteiger partial charge in [-0.1, -0.05) is 12.1 Å². The van der Waals surface area contributed by atoms with Gasteiger partial charge < -0.3 is 14.7 Å². The summed E-state index contributed by atoms with van der Waals surface area (Å²) in [5.74, 6) is 1.86. The van der Waals surface area contributed by atoms with E-state index in [1.807, 2.05) is 30.3 Å². The fourth-order valence-corrected chi connectivity index (χ4v) is 5.91. The molecule has 3 aromatic rings. The summed E-state index contributed by atoms with van der Waals surface area (Å²) < 4.78 is 34.4. The maximum Gasteiger partial charge on any atom is 0.136 e. The number of aliphatic hydroxyl groups is 1. The Morgan fingerprint density at radius 3 is 2.86 bits per heavy atom. The zero-order chi connectivity index (χ0) is 24.6. The van der Waals surface area contributed by atoms with Crippen molar-refractivity contribution >= 4 is 22.7 Å². The number of hydrogen-bond donors (Lipinski definition) is 1. The Kier molecular flexibility index (Phi) is 9.35. The number of pyridine rings is 1. The first-order chi connectivity index (χ1) is 17.1. The van der Waals surface area contributed by atoms with Crippen molar-refractivity contribution in [1.29, 1.82) is 0 Å². The Hall–Kier alpha value is -2.22. The molecule has 2 aromatic carbocycles. The monoisotopic (exact) mass is 500 g/mol. The fourth-order valence-electron chi connectivity index (χ4n) is 5.04. The van der Waals surface area contributed by atoms with Gasteiger partial charge in [0.05, 0.1) is 12.6 Å². The van der Waals surface area contributed by atoms with E-state index in [0.717, 1.165) is 55.6 Å². The number of fused-ring (bicyclic) bond motifs is 1. The number of halogens is 2. The number of thioether (sulfide) groups is 1. The molecule has 35 heavy (non-hydrogen) atoms. The summed E-state index contributed by atoms with van der Waals surface area (Å²) in [6.07, 6.45) is 3.68. The van der Waals surface area contributed by atoms with Crippen LogP contribution in [0.3, 0.4) is 0 Å². The van der Waals surface area contributed by atoms with Gasteiger partial charge in [0.1, 0.15) is 17.7 Å². The Bertz CT molecular complexity index is 1100. The standard InChI is InChI=1S/C28H34F2N2O2S/c1-34-22-8-10-27-24(17-22)23(11-13-31-27)25(29)9-7-20-12-15-32(18-21(20)19-33)14-4-16-35-28-6-3-2-5-26(28)30/h2-3,5-6,8,10-11,13,17,20-21,25,33H,4,7,9,12,14-16,18-19H2,1H3/t20-,21-,25-/m1/s1. The van der Waals surface area contributed by atoms with Crippen LogP contribution in [0.15, 0.2) is 59.6 Å². The molecule has 2 heterocycles. The van der Waals surface area contributed by atoms with Crippen molar-refractivity contribution in [3.8, 4) is 5.75 Å². The molecular weight excluding hydrogens is 466 g/mol. The summed E-state index contributed by atoms with van der Waals surface area (Å²) in [6.45, 7) is 2.84. The highest BCUT2D eigenvalue weighted by atomic mass is 32.2. The number of aliphatic hydroxyl groups excluding tert-OH is 1. The normalized spacial score (nSPS) is 19.7. The van der Waals surface area contributed by atoms with E-state index >= 15 is 4.39 Å². The van der Waals surface area contributed by atoms with Crippen LogP contribution in [0.5, 0.6) is 5.75 Å². The molecule has 7 heteroatoms. The van der Waals surface area contributed by atoms with E-state index in [9.17, 15) is 9.50 Å². The number of nitrogens with zero attached hydrogens (tertiary/aromatic N) is 2. The van der Waals surface area contributed by atoms with E-state index in [4.69, 9.17) is 4.74 Å². The molecule has 4 nitrogen and oxygen atoms in total. The summed E-state index contributed by atoms with van der Waals surface area (Å²) in [6, 6.07) is 14.2. The van der Waals surface area contributed by atoms with E-state index in [-0.39, 0.29) is 18.3 Å². The van der Waals surface area contributed by atoms with Crippen LogP contribution in [0, 0.1) is 17.7 Å². The highest BCUT2D eigenvalue weighted by Gasteiger charge is 2.29. The molecule has 1 aliphatic rings. The largest absolute Gasteiger partial charge is 0.497 e. The third-order valence-corrected chi connectivity index (χ3v) is 8.17. The molecule has 188 valence electrons. The van der Waals surface area contributed by atoms with Crippen LogP contribution in [0.2, 0.25) is 0 Å². The molecule has 4 rings (SSSR count). The highest BCUT2D eigenvalue weighted by Crippen LogP contribution is 2.35. The second-order valence-corrected chi connectivity index (χ2v) is 10.4. The first-order valence-corrected chi connectivity index (χ1v) is 13.3. The Morgan fingerprint density at radius 1 is 1.20 bits per heavy atom. The number of methoxy groups -OCH3 is 1. The van der Waals surface area contributed by atoms with Gasteiger partial charge in [0.25, 0.3) is 0 Å². The summed E-state index contributed by atoms with van der Waals surface area (Å²) in [4.78, 5) is 7.43. The van der Waals surface area contributed by atoms with Crippen molar-refractivity contribution in [1.82, 2.24) is 9.88 Å². The van der Waals surface area contributed by atoms with Gasteiger partial charge in [-0.05, 0) is 98.3 Å². The number of benzene rings is 2. The van der Waals surface area contributed by atoms with E-state index in [1.165, 1.54) is 6.07 Å². The van der Waals surface area contributed by atoms with E-state index < -0.39 is 6.17 Å². The van der Waals surface area contributed by atoms with Crippen LogP contribution < -0.4 is 4.74 Å². The van der Waals surface area contributed by atoms with Gasteiger partial charge in [-0.25, -0.2) is 8.78 Å². The van der Waals surface area contributed by atoms with Crippen molar-refractivity contribution in [3.05, 3.63) is 66.1 Å². The molecule has 0 radical (unpaired) electrons. The predicted octanol–water partition coefficient (Wildman–Crippen LogP) is 6.29. The van der Waals surface area contributed by atoms with Crippen LogP contribution in [-0.2, 0) is 0 Å². The van der Waals surface area contributed by atoms with E-state index in [1.54, 1.807) is 37.2 Å². The zero-order valence-electron chi connectivity index (χ0n) is 20.2. The molecule has 0 saturated carbocycles. The van der Waals surface area contributed by atoms with Gasteiger partial charge in [-0.15, -0.1) is 11.8 Å². The summed E-state index contributed by atoms with van der Waals surface area (Å²) >= 11 is 1.55. The molecular formula is C28H34F2N2O2S. The molecule has 1 fully saturated rings. The Balaban J connectivity index is 1.26. The fraction of sp³-hybridized carbons (Fsp3) is 0.464. The zero-order valence-corrected chi connectivity index (χ0v) is 21.0. The molecule has 1 aromatic heterocycles. The van der Waals surface area contributed by atoms with E-state index in [2.05, 4.69) is 9.88 Å². The molecule has 0 amide bonds. The van der Waals surface area contributed by atoms with Crippen molar-refractivity contribution in [2.75, 3.05) is 39.1 Å². The average Bonchev–Trinajstić information content (AvgIpc) is 2.90. The molecule has 0 spiro atoms. The topological polar surface area (TPSA) is 45.6 Å². The molecule has 0 unspecified atom stereocenters. The molecule has 0 bridgehead atoms. The molecule has 3 atom stereocenters. The quantitative estimate of drug-likeness (QED) is 0.248. The summed E-state index contributed by atoms with van der Waals surface area (Å²) in [7, 11) is 1.60. The van der Waals surface area contributed by atoms with Gasteiger partial charge in [-0.3, -0.25) is 4.98 Å². The first-order valence-electron chi connectivity index (χ1n) is 12.4. The van der Waals surface area contributed by atoms with Gasteiger partial charge in [0, 0.05) is 29.6 Å². The van der Waals surface area contributed by atoms with Crippen LogP contribution >= 0.6 is 11.8 Å². The smallest absolute Gasteiger partial charge is 0.136 e. The number of likely N-dealkylation sites (tertiary alicyclic amines) is 1. The minimum Gasteiger partial charge on any atom is -0.497 e. The molecule has 1 saturated heterocycles. The van der Waals surface area contributed by atoms with Crippen LogP contribution in [0.1, 0.15) is 37.4 Å². The summed E-state index contributed by atoms with van der Waals surface area (Å²) in [5, 5.41) is 10.8. The number of piperidine rings is 1. The second kappa shape index (κ2) is 12.7. The first kappa shape index (κ1) is 25.9. The van der Waals surface area contributed by atoms with Crippen molar-refractivity contribution in [2.24, 2.45) is 11.8 Å². The van der Waals surface area contributed by atoms with Gasteiger partial charge >= 0.3 is 0 Å². The molecule has 1 aliphatic heterocycles. The van der Waals surface area contributed by atoms with Crippen molar-refractivity contribution < 1.29 is 18.6 Å². The minimum absolute atomic E-state index is 0.123. The van der Waals surface area contributed by atoms with Crippen LogP contribution in [0.25, 0.3) is 10.9 Å². The van der Waals surface area contributed by atoms with Crippen LogP contribution in [-0.4, -0.2) is 54.1 Å². The summed E-state index contributed by atoms with van der Waals surface area (Å²) in [5.41, 5.74) is 1.42. The van der Waals surface area contributed by atoms with Gasteiger partial charge in [0.2, 0.25) is 0 Å². The SMILES string of the molecule is COc1ccc2nccc([C@H](F)CC[C@@H]3CCN(CCCSc4ccccc4F)C[C@@H]3CO)c2c1. The predicted molar refractivity (Wildman–Crippen MR) is 138 cm³/mol. The maximum absolute atomic E-state index is 15.4. The number of alkyl halides is 1. The third kappa shape index (κ3) is 6.72. The van der Waals surface area contributed by atoms with Gasteiger partial charge in [-0.2, -0.15) is 0 Å². The lowest BCUT2D eigenvalue weighted by molar-refractivity contribution is 0.0640. The van der Waals surface area contributed by atoms with Crippen molar-refractivity contribution in [3.63, 3.8) is 0 Å². The number of hydrogen-bond acceptors (Lipinski definition) is 5. The highest BCUT2D eigenvalue weighted by molar-refractivity contribution is 7.99. The van der Waals surface area contributed by atoms with Gasteiger partial charge in [0.15, 0.2) is 0 Å². The molecule has 0 aliphatic carbocycles.